The highest BCUT2D eigenvalue weighted by molar-refractivity contribution is 5.83. The van der Waals surface area contributed by atoms with Crippen molar-refractivity contribution in [2.75, 3.05) is 20.3 Å². The van der Waals surface area contributed by atoms with Gasteiger partial charge in [0.1, 0.15) is 18.5 Å². The van der Waals surface area contributed by atoms with Gasteiger partial charge >= 0.3 is 0 Å². The summed E-state index contributed by atoms with van der Waals surface area (Å²) in [7, 11) is 1.73. The molecule has 158 valence electrons. The van der Waals surface area contributed by atoms with Gasteiger partial charge in [0.25, 0.3) is 0 Å². The van der Waals surface area contributed by atoms with Gasteiger partial charge in [-0.1, -0.05) is 66.8 Å². The quantitative estimate of drug-likeness (QED) is 0.455. The van der Waals surface area contributed by atoms with Crippen LogP contribution in [0.15, 0.2) is 84.0 Å². The molecule has 0 fully saturated rings. The topological polar surface area (TPSA) is 34.1 Å². The number of hydrazone groups is 1. The molecule has 4 heteroatoms. The van der Waals surface area contributed by atoms with Crippen LogP contribution in [0.2, 0.25) is 0 Å². The van der Waals surface area contributed by atoms with E-state index in [0.717, 1.165) is 35.5 Å². The van der Waals surface area contributed by atoms with E-state index in [1.807, 2.05) is 30.3 Å². The molecule has 1 heterocycles. The first-order valence-corrected chi connectivity index (χ1v) is 10.6. The second kappa shape index (κ2) is 10.1. The highest BCUT2D eigenvalue weighted by Crippen LogP contribution is 2.27. The molecular weight excluding hydrogens is 384 g/mol. The first kappa shape index (κ1) is 20.9. The molecule has 1 unspecified atom stereocenters. The molecule has 0 saturated carbocycles. The molecular formula is C27H28N2O2. The average molecular weight is 413 g/mol. The number of fused-ring (bicyclic) bond motifs is 1. The van der Waals surface area contributed by atoms with Crippen LogP contribution in [0.5, 0.6) is 5.75 Å². The minimum absolute atomic E-state index is 0.149. The lowest BCUT2D eigenvalue weighted by atomic mass is 10.0. The van der Waals surface area contributed by atoms with Crippen molar-refractivity contribution >= 4 is 23.1 Å². The zero-order valence-corrected chi connectivity index (χ0v) is 18.1. The molecule has 31 heavy (non-hydrogen) atoms. The number of allylic oxidation sites excluding steroid dienone is 2. The standard InChI is InChI=1S/C27H28N2O2/c1-3-8-23-12-11-21(19-29-16-7-6-15-28-29)17-26(23)31-20-27(30-2)25-14-13-22-9-4-5-10-24(22)18-25/h3-15,17-18,27H,16,19-20H2,1-2H3/b8-3+. The highest BCUT2D eigenvalue weighted by atomic mass is 16.5. The molecule has 0 radical (unpaired) electrons. The summed E-state index contributed by atoms with van der Waals surface area (Å²) in [6, 6.07) is 21.1. The number of hydrogen-bond acceptors (Lipinski definition) is 4. The lowest BCUT2D eigenvalue weighted by molar-refractivity contribution is 0.0575. The number of nitrogens with zero attached hydrogens (tertiary/aromatic N) is 2. The minimum atomic E-state index is -0.149. The molecule has 1 aliphatic heterocycles. The van der Waals surface area contributed by atoms with Gasteiger partial charge < -0.3 is 9.47 Å². The van der Waals surface area contributed by atoms with Crippen LogP contribution >= 0.6 is 0 Å². The summed E-state index contributed by atoms with van der Waals surface area (Å²) < 4.78 is 12.1. The van der Waals surface area contributed by atoms with Crippen LogP contribution in [0.3, 0.4) is 0 Å². The average Bonchev–Trinajstić information content (AvgIpc) is 2.81. The van der Waals surface area contributed by atoms with Crippen LogP contribution < -0.4 is 4.74 Å². The van der Waals surface area contributed by atoms with E-state index in [-0.39, 0.29) is 6.10 Å². The third kappa shape index (κ3) is 5.22. The molecule has 4 nitrogen and oxygen atoms in total. The van der Waals surface area contributed by atoms with E-state index >= 15 is 0 Å². The van der Waals surface area contributed by atoms with Crippen LogP contribution in [0, 0.1) is 0 Å². The molecule has 1 aliphatic rings. The third-order valence-electron chi connectivity index (χ3n) is 5.38. The Morgan fingerprint density at radius 3 is 2.71 bits per heavy atom. The van der Waals surface area contributed by atoms with Crippen LogP contribution in [0.4, 0.5) is 0 Å². The van der Waals surface area contributed by atoms with Gasteiger partial charge in [-0.25, -0.2) is 0 Å². The Hall–Kier alpha value is -3.37. The molecule has 0 aromatic heterocycles. The van der Waals surface area contributed by atoms with Gasteiger partial charge in [-0.05, 0) is 47.0 Å². The fourth-order valence-electron chi connectivity index (χ4n) is 3.73. The monoisotopic (exact) mass is 412 g/mol. The van der Waals surface area contributed by atoms with Gasteiger partial charge in [-0.2, -0.15) is 5.10 Å². The van der Waals surface area contributed by atoms with Crippen molar-refractivity contribution in [2.45, 2.75) is 19.6 Å². The maximum absolute atomic E-state index is 6.29. The fourth-order valence-corrected chi connectivity index (χ4v) is 3.73. The summed E-state index contributed by atoms with van der Waals surface area (Å²) in [4.78, 5) is 0. The summed E-state index contributed by atoms with van der Waals surface area (Å²) in [6.45, 7) is 4.01. The van der Waals surface area contributed by atoms with E-state index in [1.54, 1.807) is 7.11 Å². The van der Waals surface area contributed by atoms with Crippen molar-refractivity contribution < 1.29 is 9.47 Å². The predicted molar refractivity (Wildman–Crippen MR) is 128 cm³/mol. The SMILES string of the molecule is C/C=C/c1ccc(CN2CC=CC=N2)cc1OCC(OC)c1ccc2ccccc2c1. The molecule has 1 atom stereocenters. The first-order chi connectivity index (χ1) is 15.3. The van der Waals surface area contributed by atoms with Crippen LogP contribution in [0.1, 0.15) is 29.7 Å². The minimum Gasteiger partial charge on any atom is -0.490 e. The van der Waals surface area contributed by atoms with E-state index in [1.165, 1.54) is 10.8 Å². The molecule has 0 N–H and O–H groups in total. The van der Waals surface area contributed by atoms with Crippen LogP contribution in [-0.4, -0.2) is 31.5 Å². The van der Waals surface area contributed by atoms with Gasteiger partial charge in [0.05, 0.1) is 13.1 Å². The van der Waals surface area contributed by atoms with E-state index in [9.17, 15) is 0 Å². The van der Waals surface area contributed by atoms with Gasteiger partial charge in [0.15, 0.2) is 0 Å². The van der Waals surface area contributed by atoms with Crippen molar-refractivity contribution in [3.05, 3.63) is 95.6 Å². The lowest BCUT2D eigenvalue weighted by Crippen LogP contribution is -2.19. The normalized spacial score (nSPS) is 14.5. The molecule has 0 spiro atoms. The maximum Gasteiger partial charge on any atom is 0.127 e. The smallest absolute Gasteiger partial charge is 0.127 e. The Balaban J connectivity index is 1.52. The van der Waals surface area contributed by atoms with Gasteiger partial charge in [0.2, 0.25) is 0 Å². The number of ether oxygens (including phenoxy) is 2. The summed E-state index contributed by atoms with van der Waals surface area (Å²) in [6.07, 6.45) is 9.84. The number of hydrogen-bond donors (Lipinski definition) is 0. The van der Waals surface area contributed by atoms with Gasteiger partial charge in [-0.15, -0.1) is 0 Å². The summed E-state index contributed by atoms with van der Waals surface area (Å²) in [5, 5.41) is 8.87. The van der Waals surface area contributed by atoms with E-state index in [2.05, 4.69) is 77.9 Å². The number of methoxy groups -OCH3 is 1. The summed E-state index contributed by atoms with van der Waals surface area (Å²) in [5.74, 6) is 0.856. The van der Waals surface area contributed by atoms with Crippen LogP contribution in [0.25, 0.3) is 16.8 Å². The Morgan fingerprint density at radius 2 is 1.94 bits per heavy atom. The Morgan fingerprint density at radius 1 is 1.06 bits per heavy atom. The molecule has 0 bridgehead atoms. The number of rotatable bonds is 8. The van der Waals surface area contributed by atoms with E-state index in [4.69, 9.17) is 9.47 Å². The Bertz CT molecular complexity index is 1120. The maximum atomic E-state index is 6.29. The van der Waals surface area contributed by atoms with Crippen molar-refractivity contribution in [1.82, 2.24) is 5.01 Å². The summed E-state index contributed by atoms with van der Waals surface area (Å²) in [5.41, 5.74) is 3.33. The van der Waals surface area contributed by atoms with Crippen LogP contribution in [-0.2, 0) is 11.3 Å². The predicted octanol–water partition coefficient (Wildman–Crippen LogP) is 6.00. The van der Waals surface area contributed by atoms with Crippen molar-refractivity contribution in [3.63, 3.8) is 0 Å². The zero-order valence-electron chi connectivity index (χ0n) is 18.1. The Kier molecular flexibility index (Phi) is 6.80. The van der Waals surface area contributed by atoms with Crippen molar-refractivity contribution in [3.8, 4) is 5.75 Å². The Labute approximate surface area is 184 Å². The summed E-state index contributed by atoms with van der Waals surface area (Å²) >= 11 is 0. The third-order valence-corrected chi connectivity index (χ3v) is 5.38. The van der Waals surface area contributed by atoms with E-state index in [0.29, 0.717) is 6.61 Å². The first-order valence-electron chi connectivity index (χ1n) is 10.6. The molecule has 4 rings (SSSR count). The molecule has 0 amide bonds. The largest absolute Gasteiger partial charge is 0.490 e. The fraction of sp³-hybridized carbons (Fsp3) is 0.222. The van der Waals surface area contributed by atoms with Gasteiger partial charge in [-0.3, -0.25) is 5.01 Å². The number of benzene rings is 3. The molecule has 3 aromatic carbocycles. The van der Waals surface area contributed by atoms with Crippen molar-refractivity contribution in [1.29, 1.82) is 0 Å². The lowest BCUT2D eigenvalue weighted by Gasteiger charge is -2.21. The second-order valence-electron chi connectivity index (χ2n) is 7.55. The second-order valence-corrected chi connectivity index (χ2v) is 7.55. The van der Waals surface area contributed by atoms with Crippen molar-refractivity contribution in [2.24, 2.45) is 5.10 Å². The zero-order chi connectivity index (χ0) is 21.5. The highest BCUT2D eigenvalue weighted by Gasteiger charge is 2.14. The van der Waals surface area contributed by atoms with E-state index < -0.39 is 0 Å². The molecule has 0 aliphatic carbocycles. The molecule has 3 aromatic rings. The molecule has 0 saturated heterocycles. The van der Waals surface area contributed by atoms with Gasteiger partial charge in [0, 0.05) is 18.9 Å².